The molecule has 8 nitrogen and oxygen atoms in total. The van der Waals surface area contributed by atoms with E-state index in [9.17, 15) is 9.90 Å². The summed E-state index contributed by atoms with van der Waals surface area (Å²) in [5.41, 5.74) is 5.56. The Labute approximate surface area is 178 Å². The number of nitrogens with zero attached hydrogens (tertiary/aromatic N) is 2. The molecular formula is C23H20N4O4. The fraction of sp³-hybridized carbons (Fsp3) is 0.0870. The van der Waals surface area contributed by atoms with Gasteiger partial charge in [0.2, 0.25) is 0 Å². The molecule has 4 rings (SSSR count). The molecule has 0 saturated heterocycles. The van der Waals surface area contributed by atoms with E-state index in [2.05, 4.69) is 20.5 Å². The van der Waals surface area contributed by atoms with Crippen molar-refractivity contribution in [3.63, 3.8) is 0 Å². The van der Waals surface area contributed by atoms with Gasteiger partial charge in [-0.3, -0.25) is 4.79 Å². The number of carbonyl (C=O) groups excluding carboxylic acids is 1. The van der Waals surface area contributed by atoms with Crippen molar-refractivity contribution in [1.29, 1.82) is 0 Å². The van der Waals surface area contributed by atoms with Crippen LogP contribution in [0.5, 0.6) is 17.2 Å². The lowest BCUT2D eigenvalue weighted by molar-refractivity contribution is 0.0955. The summed E-state index contributed by atoms with van der Waals surface area (Å²) in [5.74, 6) is 1.52. The van der Waals surface area contributed by atoms with Crippen molar-refractivity contribution < 1.29 is 19.4 Å². The maximum absolute atomic E-state index is 12.5. The van der Waals surface area contributed by atoms with Crippen molar-refractivity contribution in [1.82, 2.24) is 15.4 Å². The van der Waals surface area contributed by atoms with Crippen LogP contribution in [0.1, 0.15) is 15.9 Å². The third-order valence-corrected chi connectivity index (χ3v) is 4.71. The van der Waals surface area contributed by atoms with Crippen molar-refractivity contribution in [3.05, 3.63) is 71.8 Å². The monoisotopic (exact) mass is 416 g/mol. The van der Waals surface area contributed by atoms with Gasteiger partial charge in [0.15, 0.2) is 0 Å². The van der Waals surface area contributed by atoms with Gasteiger partial charge in [-0.05, 0) is 42.5 Å². The van der Waals surface area contributed by atoms with Crippen molar-refractivity contribution in [2.24, 2.45) is 5.10 Å². The summed E-state index contributed by atoms with van der Waals surface area (Å²) < 4.78 is 10.5. The summed E-state index contributed by atoms with van der Waals surface area (Å²) in [5, 5.41) is 14.1. The first-order valence-corrected chi connectivity index (χ1v) is 9.42. The molecule has 0 unspecified atom stereocenters. The zero-order valence-electron chi connectivity index (χ0n) is 16.9. The van der Waals surface area contributed by atoms with Gasteiger partial charge < -0.3 is 19.6 Å². The van der Waals surface area contributed by atoms with Crippen LogP contribution < -0.4 is 14.9 Å². The molecule has 3 N–H and O–H groups in total. The Bertz CT molecular complexity index is 1280. The van der Waals surface area contributed by atoms with E-state index in [1.54, 1.807) is 68.8 Å². The van der Waals surface area contributed by atoms with Crippen LogP contribution in [0.15, 0.2) is 65.8 Å². The van der Waals surface area contributed by atoms with E-state index in [1.165, 1.54) is 6.21 Å². The number of methoxy groups -OCH3 is 2. The number of hydrogen-bond acceptors (Lipinski definition) is 6. The molecule has 156 valence electrons. The molecule has 0 radical (unpaired) electrons. The zero-order valence-corrected chi connectivity index (χ0v) is 16.9. The number of ether oxygens (including phenoxy) is 2. The number of fused-ring (bicyclic) bond motifs is 1. The fourth-order valence-corrected chi connectivity index (χ4v) is 3.10. The largest absolute Gasteiger partial charge is 0.507 e. The molecule has 0 aliphatic rings. The van der Waals surface area contributed by atoms with Crippen LogP contribution in [0.25, 0.3) is 22.4 Å². The van der Waals surface area contributed by atoms with Gasteiger partial charge in [-0.2, -0.15) is 5.10 Å². The number of carbonyl (C=O) groups is 1. The minimum Gasteiger partial charge on any atom is -0.507 e. The predicted octanol–water partition coefficient (Wildman–Crippen LogP) is 3.72. The molecule has 0 fully saturated rings. The van der Waals surface area contributed by atoms with E-state index in [1.807, 2.05) is 6.07 Å². The van der Waals surface area contributed by atoms with Crippen LogP contribution in [-0.2, 0) is 0 Å². The quantitative estimate of drug-likeness (QED) is 0.328. The number of hydrazone groups is 1. The van der Waals surface area contributed by atoms with Gasteiger partial charge >= 0.3 is 0 Å². The molecule has 4 aromatic rings. The number of phenolic OH excluding ortho intramolecular Hbond substituents is 1. The van der Waals surface area contributed by atoms with E-state index < -0.39 is 0 Å². The van der Waals surface area contributed by atoms with Gasteiger partial charge in [0.1, 0.15) is 23.1 Å². The number of aromatic hydroxyl groups is 1. The normalized spacial score (nSPS) is 11.0. The van der Waals surface area contributed by atoms with Crippen molar-refractivity contribution in [2.45, 2.75) is 0 Å². The maximum Gasteiger partial charge on any atom is 0.271 e. The summed E-state index contributed by atoms with van der Waals surface area (Å²) in [4.78, 5) is 20.1. The van der Waals surface area contributed by atoms with Gasteiger partial charge in [-0.1, -0.05) is 12.1 Å². The Morgan fingerprint density at radius 3 is 2.71 bits per heavy atom. The molecule has 0 aliphatic carbocycles. The zero-order chi connectivity index (χ0) is 21.8. The van der Waals surface area contributed by atoms with Crippen LogP contribution in [0.2, 0.25) is 0 Å². The summed E-state index contributed by atoms with van der Waals surface area (Å²) in [7, 11) is 3.12. The maximum atomic E-state index is 12.5. The average Bonchev–Trinajstić information content (AvgIpc) is 3.22. The van der Waals surface area contributed by atoms with Gasteiger partial charge in [-0.25, -0.2) is 10.4 Å². The van der Waals surface area contributed by atoms with Gasteiger partial charge in [0, 0.05) is 17.2 Å². The van der Waals surface area contributed by atoms with E-state index >= 15 is 0 Å². The highest BCUT2D eigenvalue weighted by atomic mass is 16.5. The molecule has 0 atom stereocenters. The predicted molar refractivity (Wildman–Crippen MR) is 118 cm³/mol. The summed E-state index contributed by atoms with van der Waals surface area (Å²) in [6.07, 6.45) is 1.50. The summed E-state index contributed by atoms with van der Waals surface area (Å²) in [6.45, 7) is 0. The Morgan fingerprint density at radius 1 is 1.10 bits per heavy atom. The van der Waals surface area contributed by atoms with Crippen molar-refractivity contribution >= 4 is 23.2 Å². The molecule has 8 heteroatoms. The van der Waals surface area contributed by atoms with Gasteiger partial charge in [-0.15, -0.1) is 0 Å². The molecule has 1 aromatic heterocycles. The highest BCUT2D eigenvalue weighted by molar-refractivity contribution is 5.98. The topological polar surface area (TPSA) is 109 Å². The molecule has 0 aliphatic heterocycles. The molecular weight excluding hydrogens is 396 g/mol. The Morgan fingerprint density at radius 2 is 1.94 bits per heavy atom. The first-order chi connectivity index (χ1) is 15.1. The average molecular weight is 416 g/mol. The van der Waals surface area contributed by atoms with E-state index in [-0.39, 0.29) is 11.7 Å². The second kappa shape index (κ2) is 8.58. The number of nitrogens with one attached hydrogen (secondary N) is 2. The molecule has 0 spiro atoms. The smallest absolute Gasteiger partial charge is 0.271 e. The van der Waals surface area contributed by atoms with Crippen LogP contribution in [0.4, 0.5) is 0 Å². The molecule has 3 aromatic carbocycles. The first-order valence-electron chi connectivity index (χ1n) is 9.42. The number of amides is 1. The fourth-order valence-electron chi connectivity index (χ4n) is 3.10. The summed E-state index contributed by atoms with van der Waals surface area (Å²) in [6, 6.07) is 17.3. The summed E-state index contributed by atoms with van der Waals surface area (Å²) >= 11 is 0. The Hall–Kier alpha value is -4.33. The lowest BCUT2D eigenvalue weighted by Crippen LogP contribution is -2.17. The van der Waals surface area contributed by atoms with E-state index in [4.69, 9.17) is 9.47 Å². The standard InChI is InChI=1S/C23H20N4O4/c1-30-16-9-7-15(21(12-16)31-2)13-24-27-23(29)14-8-10-18-19(11-14)26-22(25-18)17-5-3-4-6-20(17)28/h3-13,28H,1-2H3,(H,25,26)(H,27,29)/b24-13+. The number of H-pyrrole nitrogens is 1. The lowest BCUT2D eigenvalue weighted by atomic mass is 10.2. The minimum absolute atomic E-state index is 0.128. The number of aromatic nitrogens is 2. The van der Waals surface area contributed by atoms with Crippen LogP contribution in [0, 0.1) is 0 Å². The van der Waals surface area contributed by atoms with Crippen molar-refractivity contribution in [3.8, 4) is 28.6 Å². The third-order valence-electron chi connectivity index (χ3n) is 4.71. The highest BCUT2D eigenvalue weighted by Crippen LogP contribution is 2.28. The first kappa shape index (κ1) is 20.0. The van der Waals surface area contributed by atoms with E-state index in [0.717, 1.165) is 0 Å². The number of benzene rings is 3. The number of para-hydroxylation sites is 1. The van der Waals surface area contributed by atoms with Crippen LogP contribution in [-0.4, -0.2) is 41.4 Å². The minimum atomic E-state index is -0.371. The molecule has 1 amide bonds. The molecule has 1 heterocycles. The molecule has 0 saturated carbocycles. The third kappa shape index (κ3) is 4.18. The second-order valence-electron chi connectivity index (χ2n) is 6.64. The highest BCUT2D eigenvalue weighted by Gasteiger charge is 2.12. The number of phenols is 1. The van der Waals surface area contributed by atoms with Crippen LogP contribution >= 0.6 is 0 Å². The van der Waals surface area contributed by atoms with Gasteiger partial charge in [0.05, 0.1) is 37.0 Å². The Balaban J connectivity index is 1.52. The van der Waals surface area contributed by atoms with Crippen molar-refractivity contribution in [2.75, 3.05) is 14.2 Å². The van der Waals surface area contributed by atoms with Gasteiger partial charge in [0.25, 0.3) is 5.91 Å². The van der Waals surface area contributed by atoms with E-state index in [0.29, 0.717) is 45.0 Å². The second-order valence-corrected chi connectivity index (χ2v) is 6.64. The number of rotatable bonds is 6. The number of hydrogen-bond donors (Lipinski definition) is 3. The number of imidazole rings is 1. The SMILES string of the molecule is COc1ccc(/C=N/NC(=O)c2ccc3nc(-c4ccccc4O)[nH]c3c2)c(OC)c1. The molecule has 0 bridgehead atoms. The number of aromatic amines is 1. The lowest BCUT2D eigenvalue weighted by Gasteiger charge is -2.07. The van der Waals surface area contributed by atoms with Crippen LogP contribution in [0.3, 0.4) is 0 Å². The Kier molecular flexibility index (Phi) is 5.53. The molecule has 31 heavy (non-hydrogen) atoms.